The molecule has 0 unspecified atom stereocenters. The lowest BCUT2D eigenvalue weighted by molar-refractivity contribution is 0.469. The Bertz CT molecular complexity index is 132. The Hall–Kier alpha value is -0.920. The molecule has 1 rings (SSSR count). The van der Waals surface area contributed by atoms with Crippen LogP contribution in [0.25, 0.3) is 0 Å². The van der Waals surface area contributed by atoms with Gasteiger partial charge < -0.3 is 0 Å². The van der Waals surface area contributed by atoms with Crippen molar-refractivity contribution in [2.24, 2.45) is 5.41 Å². The number of rotatable bonds is 0. The van der Waals surface area contributed by atoms with Gasteiger partial charge in [0, 0.05) is 12.4 Å². The minimum atomic E-state index is 0.500. The largest absolute Gasteiger partial charge is 0.245 e. The summed E-state index contributed by atoms with van der Waals surface area (Å²) in [6, 6.07) is 1.78. The van der Waals surface area contributed by atoms with Crippen LogP contribution in [-0.4, -0.2) is 9.97 Å². The van der Waals surface area contributed by atoms with E-state index in [2.05, 4.69) is 37.7 Å². The van der Waals surface area contributed by atoms with E-state index in [1.54, 1.807) is 18.5 Å². The fraction of sp³-hybridized carbons (Fsp3) is 0.556. The second-order valence-corrected chi connectivity index (χ2v) is 3.90. The average Bonchev–Trinajstić information content (AvgIpc) is 1.88. The first-order valence-electron chi connectivity index (χ1n) is 3.70. The quantitative estimate of drug-likeness (QED) is 0.571. The molecule has 1 heterocycles. The molecule has 0 fully saturated rings. The third-order valence-corrected chi connectivity index (χ3v) is 0.478. The van der Waals surface area contributed by atoms with Crippen molar-refractivity contribution in [3.63, 3.8) is 0 Å². The topological polar surface area (TPSA) is 25.8 Å². The second-order valence-electron chi connectivity index (χ2n) is 3.90. The van der Waals surface area contributed by atoms with Crippen molar-refractivity contribution in [1.82, 2.24) is 9.97 Å². The van der Waals surface area contributed by atoms with Crippen molar-refractivity contribution < 1.29 is 0 Å². The van der Waals surface area contributed by atoms with Gasteiger partial charge in [-0.05, 0) is 11.5 Å². The minimum absolute atomic E-state index is 0.500. The molecule has 0 bridgehead atoms. The van der Waals surface area contributed by atoms with E-state index in [1.807, 2.05) is 0 Å². The van der Waals surface area contributed by atoms with Crippen LogP contribution in [0, 0.1) is 5.41 Å². The molecule has 0 saturated carbocycles. The molecule has 0 atom stereocenters. The Labute approximate surface area is 68.7 Å². The fourth-order valence-electron chi connectivity index (χ4n) is 0.253. The molecule has 1 aromatic heterocycles. The summed E-state index contributed by atoms with van der Waals surface area (Å²) in [5.41, 5.74) is 0.500. The van der Waals surface area contributed by atoms with Gasteiger partial charge in [0.1, 0.15) is 6.33 Å². The second kappa shape index (κ2) is 4.83. The number of hydrogen-bond acceptors (Lipinski definition) is 2. The van der Waals surface area contributed by atoms with Crippen molar-refractivity contribution in [2.45, 2.75) is 27.7 Å². The van der Waals surface area contributed by atoms with E-state index in [1.165, 1.54) is 6.33 Å². The van der Waals surface area contributed by atoms with Gasteiger partial charge in [-0.25, -0.2) is 9.97 Å². The van der Waals surface area contributed by atoms with Gasteiger partial charge in [0.15, 0.2) is 0 Å². The number of nitrogens with zero attached hydrogens (tertiary/aromatic N) is 2. The Morgan fingerprint density at radius 1 is 0.909 bits per heavy atom. The highest BCUT2D eigenvalue weighted by molar-refractivity contribution is 4.74. The van der Waals surface area contributed by atoms with Gasteiger partial charge in [-0.1, -0.05) is 27.7 Å². The summed E-state index contributed by atoms with van der Waals surface area (Å²) >= 11 is 0. The molecule has 0 aliphatic rings. The normalized spacial score (nSPS) is 9.82. The van der Waals surface area contributed by atoms with E-state index in [0.29, 0.717) is 5.41 Å². The first kappa shape index (κ1) is 10.1. The fourth-order valence-corrected chi connectivity index (χ4v) is 0.253. The summed E-state index contributed by atoms with van der Waals surface area (Å²) in [7, 11) is 0. The SMILES string of the molecule is CC(C)(C)C.c1cncnc1. The lowest BCUT2D eigenvalue weighted by Gasteiger charge is -2.05. The first-order valence-corrected chi connectivity index (χ1v) is 3.70. The molecule has 0 spiro atoms. The smallest absolute Gasteiger partial charge is 0.115 e. The van der Waals surface area contributed by atoms with Gasteiger partial charge in [0.05, 0.1) is 0 Å². The van der Waals surface area contributed by atoms with Gasteiger partial charge in [-0.15, -0.1) is 0 Å². The molecule has 11 heavy (non-hydrogen) atoms. The molecule has 1 aromatic rings. The van der Waals surface area contributed by atoms with Gasteiger partial charge in [-0.3, -0.25) is 0 Å². The Morgan fingerprint density at radius 2 is 1.27 bits per heavy atom. The highest BCUT2D eigenvalue weighted by atomic mass is 14.8. The van der Waals surface area contributed by atoms with Crippen LogP contribution in [0.1, 0.15) is 27.7 Å². The maximum Gasteiger partial charge on any atom is 0.115 e. The van der Waals surface area contributed by atoms with Crippen LogP contribution in [0.15, 0.2) is 24.8 Å². The lowest BCUT2D eigenvalue weighted by Crippen LogP contribution is -1.93. The molecule has 0 aromatic carbocycles. The van der Waals surface area contributed by atoms with Crippen LogP contribution < -0.4 is 0 Å². The van der Waals surface area contributed by atoms with Gasteiger partial charge in [0.2, 0.25) is 0 Å². The zero-order valence-corrected chi connectivity index (χ0v) is 7.70. The van der Waals surface area contributed by atoms with Crippen molar-refractivity contribution in [2.75, 3.05) is 0 Å². The molecule has 62 valence electrons. The van der Waals surface area contributed by atoms with E-state index in [9.17, 15) is 0 Å². The lowest BCUT2D eigenvalue weighted by atomic mass is 10.0. The third-order valence-electron chi connectivity index (χ3n) is 0.478. The predicted octanol–water partition coefficient (Wildman–Crippen LogP) is 2.53. The molecule has 0 aliphatic carbocycles. The van der Waals surface area contributed by atoms with Crippen LogP contribution in [-0.2, 0) is 0 Å². The van der Waals surface area contributed by atoms with Gasteiger partial charge >= 0.3 is 0 Å². The molecular weight excluding hydrogens is 136 g/mol. The summed E-state index contributed by atoms with van der Waals surface area (Å²) in [5.74, 6) is 0. The predicted molar refractivity (Wildman–Crippen MR) is 47.2 cm³/mol. The molecule has 0 N–H and O–H groups in total. The van der Waals surface area contributed by atoms with Crippen molar-refractivity contribution in [1.29, 1.82) is 0 Å². The monoisotopic (exact) mass is 152 g/mol. The van der Waals surface area contributed by atoms with Crippen molar-refractivity contribution in [3.8, 4) is 0 Å². The van der Waals surface area contributed by atoms with Crippen LogP contribution in [0.2, 0.25) is 0 Å². The van der Waals surface area contributed by atoms with E-state index in [4.69, 9.17) is 0 Å². The van der Waals surface area contributed by atoms with Crippen LogP contribution in [0.4, 0.5) is 0 Å². The highest BCUT2D eigenvalue weighted by Gasteiger charge is 1.95. The van der Waals surface area contributed by atoms with E-state index in [0.717, 1.165) is 0 Å². The molecule has 0 radical (unpaired) electrons. The summed E-state index contributed by atoms with van der Waals surface area (Å²) in [5, 5.41) is 0. The third kappa shape index (κ3) is 17.6. The van der Waals surface area contributed by atoms with Gasteiger partial charge in [-0.2, -0.15) is 0 Å². The summed E-state index contributed by atoms with van der Waals surface area (Å²) in [6.07, 6.45) is 4.88. The average molecular weight is 152 g/mol. The van der Waals surface area contributed by atoms with E-state index >= 15 is 0 Å². The van der Waals surface area contributed by atoms with Gasteiger partial charge in [0.25, 0.3) is 0 Å². The van der Waals surface area contributed by atoms with Crippen LogP contribution in [0.3, 0.4) is 0 Å². The zero-order valence-electron chi connectivity index (χ0n) is 7.70. The molecule has 2 nitrogen and oxygen atoms in total. The summed E-state index contributed by atoms with van der Waals surface area (Å²) in [6.45, 7) is 8.75. The van der Waals surface area contributed by atoms with Crippen LogP contribution >= 0.6 is 0 Å². The number of aromatic nitrogens is 2. The molecule has 0 aliphatic heterocycles. The zero-order chi connectivity index (χ0) is 8.74. The molecule has 2 heteroatoms. The maximum atomic E-state index is 3.67. The Kier molecular flexibility index (Phi) is 4.42. The standard InChI is InChI=1S/C5H12.C4H4N2/c1-5(2,3)4;1-2-5-4-6-3-1/h1-4H3;1-4H. The Morgan fingerprint density at radius 3 is 1.36 bits per heavy atom. The molecule has 0 saturated heterocycles. The molecule has 0 amide bonds. The van der Waals surface area contributed by atoms with Crippen molar-refractivity contribution >= 4 is 0 Å². The van der Waals surface area contributed by atoms with E-state index in [-0.39, 0.29) is 0 Å². The summed E-state index contributed by atoms with van der Waals surface area (Å²) in [4.78, 5) is 7.35. The Balaban J connectivity index is 0.000000187. The maximum absolute atomic E-state index is 3.67. The first-order chi connectivity index (χ1) is 5.00. The number of hydrogen-bond donors (Lipinski definition) is 0. The highest BCUT2D eigenvalue weighted by Crippen LogP contribution is 2.07. The van der Waals surface area contributed by atoms with E-state index < -0.39 is 0 Å². The van der Waals surface area contributed by atoms with Crippen molar-refractivity contribution in [3.05, 3.63) is 24.8 Å². The minimum Gasteiger partial charge on any atom is -0.245 e. The van der Waals surface area contributed by atoms with Crippen LogP contribution in [0.5, 0.6) is 0 Å². The summed E-state index contributed by atoms with van der Waals surface area (Å²) < 4.78 is 0. The molecular formula is C9H16N2.